The molecule has 0 aliphatic carbocycles. The van der Waals surface area contributed by atoms with Crippen molar-refractivity contribution >= 4 is 16.9 Å². The first-order valence-corrected chi connectivity index (χ1v) is 7.49. The van der Waals surface area contributed by atoms with Crippen molar-refractivity contribution in [3.63, 3.8) is 0 Å². The standard InChI is InChI=1S/C17H20N4O/c1-12-9-10-15(21(12)2)17(22)18-11-5-8-16-19-13-6-3-4-7-14(13)20-16/h3-4,6-7,9-10H,5,8,11H2,1-2H3,(H,18,22)(H,19,20). The highest BCUT2D eigenvalue weighted by Crippen LogP contribution is 2.11. The highest BCUT2D eigenvalue weighted by molar-refractivity contribution is 5.92. The van der Waals surface area contributed by atoms with Gasteiger partial charge in [-0.2, -0.15) is 0 Å². The molecular weight excluding hydrogens is 276 g/mol. The smallest absolute Gasteiger partial charge is 0.267 e. The number of H-pyrrole nitrogens is 1. The molecule has 0 spiro atoms. The summed E-state index contributed by atoms with van der Waals surface area (Å²) in [6.45, 7) is 2.62. The summed E-state index contributed by atoms with van der Waals surface area (Å²) >= 11 is 0. The van der Waals surface area contributed by atoms with E-state index in [0.29, 0.717) is 12.2 Å². The number of hydrogen-bond donors (Lipinski definition) is 2. The number of carbonyl (C=O) groups is 1. The van der Waals surface area contributed by atoms with Gasteiger partial charge in [0, 0.05) is 25.7 Å². The molecule has 2 aromatic heterocycles. The van der Waals surface area contributed by atoms with Gasteiger partial charge in [-0.25, -0.2) is 4.98 Å². The summed E-state index contributed by atoms with van der Waals surface area (Å²) in [5.41, 5.74) is 3.82. The molecule has 2 N–H and O–H groups in total. The van der Waals surface area contributed by atoms with Gasteiger partial charge in [-0.05, 0) is 37.6 Å². The Bertz CT molecular complexity index is 767. The molecule has 5 heteroatoms. The van der Waals surface area contributed by atoms with Crippen molar-refractivity contribution in [1.29, 1.82) is 0 Å². The molecule has 3 aromatic rings. The van der Waals surface area contributed by atoms with Crippen LogP contribution in [0.15, 0.2) is 36.4 Å². The molecule has 0 aliphatic heterocycles. The fourth-order valence-electron chi connectivity index (χ4n) is 2.51. The highest BCUT2D eigenvalue weighted by atomic mass is 16.1. The molecule has 2 heterocycles. The maximum Gasteiger partial charge on any atom is 0.267 e. The number of aromatic nitrogens is 3. The molecule has 0 saturated heterocycles. The third kappa shape index (κ3) is 2.88. The molecule has 0 saturated carbocycles. The van der Waals surface area contributed by atoms with Crippen LogP contribution in [0.3, 0.4) is 0 Å². The second kappa shape index (κ2) is 6.05. The number of nitrogens with one attached hydrogen (secondary N) is 2. The molecule has 1 aromatic carbocycles. The number of aromatic amines is 1. The van der Waals surface area contributed by atoms with E-state index in [1.807, 2.05) is 54.9 Å². The lowest BCUT2D eigenvalue weighted by Gasteiger charge is -2.06. The molecule has 114 valence electrons. The molecule has 0 radical (unpaired) electrons. The normalized spacial score (nSPS) is 11.0. The number of hydrogen-bond acceptors (Lipinski definition) is 2. The lowest BCUT2D eigenvalue weighted by molar-refractivity contribution is 0.0945. The maximum absolute atomic E-state index is 12.1. The molecule has 0 atom stereocenters. The fourth-order valence-corrected chi connectivity index (χ4v) is 2.51. The zero-order chi connectivity index (χ0) is 15.5. The first kappa shape index (κ1) is 14.4. The van der Waals surface area contributed by atoms with E-state index < -0.39 is 0 Å². The molecule has 5 nitrogen and oxygen atoms in total. The first-order valence-electron chi connectivity index (χ1n) is 7.49. The van der Waals surface area contributed by atoms with E-state index in [9.17, 15) is 4.79 Å². The number of amides is 1. The van der Waals surface area contributed by atoms with E-state index in [1.165, 1.54) is 0 Å². The van der Waals surface area contributed by atoms with Crippen LogP contribution < -0.4 is 5.32 Å². The van der Waals surface area contributed by atoms with E-state index in [2.05, 4.69) is 15.3 Å². The summed E-state index contributed by atoms with van der Waals surface area (Å²) < 4.78 is 1.90. The van der Waals surface area contributed by atoms with Gasteiger partial charge in [0.1, 0.15) is 11.5 Å². The van der Waals surface area contributed by atoms with Gasteiger partial charge in [0.15, 0.2) is 0 Å². The summed E-state index contributed by atoms with van der Waals surface area (Å²) in [4.78, 5) is 19.9. The van der Waals surface area contributed by atoms with Gasteiger partial charge in [-0.3, -0.25) is 4.79 Å². The molecule has 0 aliphatic rings. The van der Waals surface area contributed by atoms with E-state index in [-0.39, 0.29) is 5.91 Å². The average molecular weight is 296 g/mol. The van der Waals surface area contributed by atoms with Crippen LogP contribution in [0.25, 0.3) is 11.0 Å². The zero-order valence-corrected chi connectivity index (χ0v) is 12.9. The Morgan fingerprint density at radius 2 is 2.09 bits per heavy atom. The number of aryl methyl sites for hydroxylation is 2. The molecule has 1 amide bonds. The maximum atomic E-state index is 12.1. The van der Waals surface area contributed by atoms with Gasteiger partial charge in [-0.15, -0.1) is 0 Å². The van der Waals surface area contributed by atoms with Crippen LogP contribution in [0.1, 0.15) is 28.4 Å². The SMILES string of the molecule is Cc1ccc(C(=O)NCCCc2nc3ccccc3[nH]2)n1C. The summed E-state index contributed by atoms with van der Waals surface area (Å²) in [6, 6.07) is 11.8. The van der Waals surface area contributed by atoms with Gasteiger partial charge in [0.25, 0.3) is 5.91 Å². The van der Waals surface area contributed by atoms with Crippen molar-refractivity contribution in [3.05, 3.63) is 53.6 Å². The Labute approximate surface area is 129 Å². The minimum atomic E-state index is -0.0276. The van der Waals surface area contributed by atoms with Crippen LogP contribution in [-0.4, -0.2) is 27.0 Å². The molecular formula is C17H20N4O. The van der Waals surface area contributed by atoms with Crippen LogP contribution in [0.5, 0.6) is 0 Å². The lowest BCUT2D eigenvalue weighted by atomic mass is 10.3. The Morgan fingerprint density at radius 1 is 1.27 bits per heavy atom. The quantitative estimate of drug-likeness (QED) is 0.711. The Morgan fingerprint density at radius 3 is 2.82 bits per heavy atom. The lowest BCUT2D eigenvalue weighted by Crippen LogP contribution is -2.26. The van der Waals surface area contributed by atoms with Gasteiger partial charge in [0.2, 0.25) is 0 Å². The number of para-hydroxylation sites is 2. The summed E-state index contributed by atoms with van der Waals surface area (Å²) in [5, 5.41) is 2.96. The number of rotatable bonds is 5. The van der Waals surface area contributed by atoms with Gasteiger partial charge >= 0.3 is 0 Å². The fraction of sp³-hybridized carbons (Fsp3) is 0.294. The van der Waals surface area contributed by atoms with Crippen molar-refractivity contribution in [2.45, 2.75) is 19.8 Å². The molecule has 0 fully saturated rings. The number of fused-ring (bicyclic) bond motifs is 1. The largest absolute Gasteiger partial charge is 0.351 e. The summed E-state index contributed by atoms with van der Waals surface area (Å²) in [6.07, 6.45) is 1.68. The molecule has 0 unspecified atom stereocenters. The van der Waals surface area contributed by atoms with Crippen molar-refractivity contribution in [3.8, 4) is 0 Å². The molecule has 0 bridgehead atoms. The summed E-state index contributed by atoms with van der Waals surface area (Å²) in [5.74, 6) is 0.936. The third-order valence-electron chi connectivity index (χ3n) is 3.92. The number of imidazole rings is 1. The van der Waals surface area contributed by atoms with Crippen LogP contribution >= 0.6 is 0 Å². The predicted molar refractivity (Wildman–Crippen MR) is 86.9 cm³/mol. The van der Waals surface area contributed by atoms with Crippen LogP contribution in [0.4, 0.5) is 0 Å². The first-order chi connectivity index (χ1) is 10.6. The summed E-state index contributed by atoms with van der Waals surface area (Å²) in [7, 11) is 1.90. The topological polar surface area (TPSA) is 62.7 Å². The van der Waals surface area contributed by atoms with E-state index >= 15 is 0 Å². The van der Waals surface area contributed by atoms with E-state index in [0.717, 1.165) is 35.4 Å². The van der Waals surface area contributed by atoms with Crippen molar-refractivity contribution in [1.82, 2.24) is 19.9 Å². The second-order valence-electron chi connectivity index (χ2n) is 5.48. The van der Waals surface area contributed by atoms with E-state index in [4.69, 9.17) is 0 Å². The predicted octanol–water partition coefficient (Wildman–Crippen LogP) is 2.57. The monoisotopic (exact) mass is 296 g/mol. The zero-order valence-electron chi connectivity index (χ0n) is 12.9. The highest BCUT2D eigenvalue weighted by Gasteiger charge is 2.10. The molecule has 3 rings (SSSR count). The Kier molecular flexibility index (Phi) is 3.96. The van der Waals surface area contributed by atoms with Crippen molar-refractivity contribution in [2.24, 2.45) is 7.05 Å². The van der Waals surface area contributed by atoms with Gasteiger partial charge < -0.3 is 14.9 Å². The minimum absolute atomic E-state index is 0.0276. The minimum Gasteiger partial charge on any atom is -0.351 e. The Hall–Kier alpha value is -2.56. The van der Waals surface area contributed by atoms with E-state index in [1.54, 1.807) is 0 Å². The van der Waals surface area contributed by atoms with Crippen LogP contribution in [0.2, 0.25) is 0 Å². The van der Waals surface area contributed by atoms with Crippen LogP contribution in [0, 0.1) is 6.92 Å². The van der Waals surface area contributed by atoms with Gasteiger partial charge in [-0.1, -0.05) is 12.1 Å². The van der Waals surface area contributed by atoms with Crippen LogP contribution in [-0.2, 0) is 13.5 Å². The van der Waals surface area contributed by atoms with Gasteiger partial charge in [0.05, 0.1) is 11.0 Å². The Balaban J connectivity index is 1.51. The van der Waals surface area contributed by atoms with Crippen molar-refractivity contribution < 1.29 is 4.79 Å². The second-order valence-corrected chi connectivity index (χ2v) is 5.48. The third-order valence-corrected chi connectivity index (χ3v) is 3.92. The number of carbonyl (C=O) groups excluding carboxylic acids is 1. The average Bonchev–Trinajstić information content (AvgIpc) is 3.07. The number of nitrogens with zero attached hydrogens (tertiary/aromatic N) is 2. The van der Waals surface area contributed by atoms with Crippen molar-refractivity contribution in [2.75, 3.05) is 6.54 Å². The molecule has 22 heavy (non-hydrogen) atoms. The number of benzene rings is 1.